The van der Waals surface area contributed by atoms with E-state index in [2.05, 4.69) is 17.1 Å². The zero-order valence-corrected chi connectivity index (χ0v) is 19.7. The molecule has 2 aromatic rings. The first-order valence-corrected chi connectivity index (χ1v) is 11.2. The van der Waals surface area contributed by atoms with Crippen molar-refractivity contribution in [2.24, 2.45) is 0 Å². The van der Waals surface area contributed by atoms with E-state index in [0.29, 0.717) is 6.61 Å². The molecule has 0 spiro atoms. The Morgan fingerprint density at radius 2 is 1.81 bits per heavy atom. The van der Waals surface area contributed by atoms with E-state index in [1.54, 1.807) is 7.11 Å². The third-order valence-electron chi connectivity index (χ3n) is 4.99. The normalized spacial score (nSPS) is 13.9. The Balaban J connectivity index is 0.00000176. The molecule has 176 valence electrons. The van der Waals surface area contributed by atoms with Crippen molar-refractivity contribution in [3.05, 3.63) is 48.0 Å². The van der Waals surface area contributed by atoms with Crippen molar-refractivity contribution in [3.63, 3.8) is 0 Å². The van der Waals surface area contributed by atoms with E-state index < -0.39 is 12.6 Å². The van der Waals surface area contributed by atoms with E-state index in [1.165, 1.54) is 0 Å². The average Bonchev–Trinajstić information content (AvgIpc) is 2.81. The van der Waals surface area contributed by atoms with Crippen LogP contribution in [0.15, 0.2) is 42.5 Å². The largest absolute Gasteiger partial charge is 0.494 e. The number of halogens is 1. The van der Waals surface area contributed by atoms with Crippen LogP contribution in [0.25, 0.3) is 0 Å². The van der Waals surface area contributed by atoms with Gasteiger partial charge in [-0.25, -0.2) is 4.39 Å². The number of anilines is 1. The highest BCUT2D eigenvalue weighted by molar-refractivity contribution is 5.77. The predicted octanol–water partition coefficient (Wildman–Crippen LogP) is 4.92. The summed E-state index contributed by atoms with van der Waals surface area (Å²) in [6.07, 6.45) is 1.04. The van der Waals surface area contributed by atoms with Gasteiger partial charge in [0, 0.05) is 6.07 Å². The Kier molecular flexibility index (Phi) is 10.1. The highest BCUT2D eigenvalue weighted by atomic mass is 19.1. The first kappa shape index (κ1) is 25.3. The Labute approximate surface area is 190 Å². The van der Waals surface area contributed by atoms with Crippen molar-refractivity contribution in [2.45, 2.75) is 46.3 Å². The zero-order valence-electron chi connectivity index (χ0n) is 19.7. The number of methoxy groups -OCH3 is 1. The molecule has 6 nitrogen and oxygen atoms in total. The minimum absolute atomic E-state index is 0.0836. The second-order valence-corrected chi connectivity index (χ2v) is 7.32. The fraction of sp³-hybridized carbons (Fsp3) is 0.480. The van der Waals surface area contributed by atoms with Gasteiger partial charge in [-0.15, -0.1) is 0 Å². The monoisotopic (exact) mass is 446 g/mol. The van der Waals surface area contributed by atoms with Crippen LogP contribution in [-0.2, 0) is 4.79 Å². The summed E-state index contributed by atoms with van der Waals surface area (Å²) in [7, 11) is 1.66. The standard InChI is InChI=1S/C23H29FN2O4.C2H6/c1-4-11-29-19-9-10-21(22(12-19)28-3)26-14-20(15-26)30-18-7-5-17(6-8-18)16(2)25-23(27)13-24;1-2/h5-10,12,16,20H,4,11,13-15H2,1-3H3,(H,25,27);1-2H3/t16-;/m0./s1. The second-order valence-electron chi connectivity index (χ2n) is 7.32. The lowest BCUT2D eigenvalue weighted by Gasteiger charge is -2.41. The van der Waals surface area contributed by atoms with Crippen LogP contribution < -0.4 is 24.4 Å². The molecule has 0 aliphatic carbocycles. The van der Waals surface area contributed by atoms with Crippen LogP contribution in [-0.4, -0.2) is 45.5 Å². The SMILES string of the molecule is CC.CCCOc1ccc(N2CC(Oc3ccc([C@H](C)NC(=O)CF)cc3)C2)c(OC)c1. The molecule has 0 saturated carbocycles. The smallest absolute Gasteiger partial charge is 0.251 e. The van der Waals surface area contributed by atoms with Crippen LogP contribution in [0.3, 0.4) is 0 Å². The summed E-state index contributed by atoms with van der Waals surface area (Å²) in [5.74, 6) is 1.75. The molecular formula is C25H35FN2O4. The van der Waals surface area contributed by atoms with Crippen molar-refractivity contribution >= 4 is 11.6 Å². The van der Waals surface area contributed by atoms with Crippen LogP contribution in [0.4, 0.5) is 10.1 Å². The van der Waals surface area contributed by atoms with E-state index in [-0.39, 0.29) is 12.1 Å². The molecule has 1 fully saturated rings. The summed E-state index contributed by atoms with van der Waals surface area (Å²) in [4.78, 5) is 13.4. The second kappa shape index (κ2) is 12.8. The van der Waals surface area contributed by atoms with Gasteiger partial charge in [0.2, 0.25) is 0 Å². The quantitative estimate of drug-likeness (QED) is 0.561. The van der Waals surface area contributed by atoms with E-state index >= 15 is 0 Å². The molecule has 1 atom stereocenters. The zero-order chi connectivity index (χ0) is 23.5. The van der Waals surface area contributed by atoms with Gasteiger partial charge in [-0.1, -0.05) is 32.9 Å². The molecule has 0 radical (unpaired) electrons. The molecule has 7 heteroatoms. The molecule has 1 heterocycles. The highest BCUT2D eigenvalue weighted by Crippen LogP contribution is 2.35. The maximum Gasteiger partial charge on any atom is 0.251 e. The molecule has 3 rings (SSSR count). The number of nitrogens with zero attached hydrogens (tertiary/aromatic N) is 1. The van der Waals surface area contributed by atoms with Gasteiger partial charge < -0.3 is 24.4 Å². The van der Waals surface area contributed by atoms with E-state index in [0.717, 1.165) is 48.0 Å². The van der Waals surface area contributed by atoms with Crippen LogP contribution in [0.5, 0.6) is 17.2 Å². The molecule has 1 amide bonds. The van der Waals surface area contributed by atoms with Crippen molar-refractivity contribution in [1.29, 1.82) is 0 Å². The van der Waals surface area contributed by atoms with E-state index in [9.17, 15) is 9.18 Å². The lowest BCUT2D eigenvalue weighted by Crippen LogP contribution is -2.54. The van der Waals surface area contributed by atoms with Gasteiger partial charge in [0.15, 0.2) is 6.67 Å². The van der Waals surface area contributed by atoms with E-state index in [4.69, 9.17) is 14.2 Å². The predicted molar refractivity (Wildman–Crippen MR) is 126 cm³/mol. The van der Waals surface area contributed by atoms with E-state index in [1.807, 2.05) is 63.2 Å². The Morgan fingerprint density at radius 3 is 2.41 bits per heavy atom. The summed E-state index contributed by atoms with van der Waals surface area (Å²) in [6, 6.07) is 13.2. The number of carbonyl (C=O) groups excluding carboxylic acids is 1. The van der Waals surface area contributed by atoms with Crippen molar-refractivity contribution in [3.8, 4) is 17.2 Å². The number of alkyl halides is 1. The molecule has 1 aliphatic heterocycles. The lowest BCUT2D eigenvalue weighted by atomic mass is 10.1. The fourth-order valence-electron chi connectivity index (χ4n) is 3.33. The summed E-state index contributed by atoms with van der Waals surface area (Å²) < 4.78 is 29.6. The lowest BCUT2D eigenvalue weighted by molar-refractivity contribution is -0.122. The topological polar surface area (TPSA) is 60.0 Å². The van der Waals surface area contributed by atoms with Gasteiger partial charge in [-0.3, -0.25) is 4.79 Å². The number of benzene rings is 2. The molecule has 0 unspecified atom stereocenters. The minimum atomic E-state index is -1.01. The number of amides is 1. The number of hydrogen-bond acceptors (Lipinski definition) is 5. The fourth-order valence-corrected chi connectivity index (χ4v) is 3.33. The first-order chi connectivity index (χ1) is 15.5. The molecule has 0 aromatic heterocycles. The molecule has 0 bridgehead atoms. The summed E-state index contributed by atoms with van der Waals surface area (Å²) in [5, 5.41) is 2.60. The van der Waals surface area contributed by atoms with Gasteiger partial charge in [0.25, 0.3) is 5.91 Å². The maximum atomic E-state index is 12.3. The Morgan fingerprint density at radius 1 is 1.16 bits per heavy atom. The minimum Gasteiger partial charge on any atom is -0.494 e. The molecular weight excluding hydrogens is 411 g/mol. The van der Waals surface area contributed by atoms with Gasteiger partial charge in [-0.05, 0) is 43.2 Å². The highest BCUT2D eigenvalue weighted by Gasteiger charge is 2.30. The molecule has 2 aromatic carbocycles. The number of ether oxygens (including phenoxy) is 3. The van der Waals surface area contributed by atoms with Gasteiger partial charge in [0.05, 0.1) is 38.5 Å². The average molecular weight is 447 g/mol. The number of hydrogen-bond donors (Lipinski definition) is 1. The summed E-state index contributed by atoms with van der Waals surface area (Å²) in [6.45, 7) is 9.08. The van der Waals surface area contributed by atoms with Crippen LogP contribution >= 0.6 is 0 Å². The van der Waals surface area contributed by atoms with Gasteiger partial charge in [-0.2, -0.15) is 0 Å². The van der Waals surface area contributed by atoms with Gasteiger partial charge >= 0.3 is 0 Å². The Bertz CT molecular complexity index is 838. The third-order valence-corrected chi connectivity index (χ3v) is 4.99. The van der Waals surface area contributed by atoms with Crippen LogP contribution in [0, 0.1) is 0 Å². The molecule has 1 saturated heterocycles. The Hall–Kier alpha value is -2.96. The summed E-state index contributed by atoms with van der Waals surface area (Å²) in [5.41, 5.74) is 1.92. The first-order valence-electron chi connectivity index (χ1n) is 11.2. The molecule has 1 aliphatic rings. The van der Waals surface area contributed by atoms with Crippen LogP contribution in [0.2, 0.25) is 0 Å². The number of nitrogens with one attached hydrogen (secondary N) is 1. The van der Waals surface area contributed by atoms with Crippen LogP contribution in [0.1, 0.15) is 45.7 Å². The number of rotatable bonds is 10. The molecule has 32 heavy (non-hydrogen) atoms. The van der Waals surface area contributed by atoms with Crippen molar-refractivity contribution < 1.29 is 23.4 Å². The molecule has 1 N–H and O–H groups in total. The van der Waals surface area contributed by atoms with Crippen molar-refractivity contribution in [1.82, 2.24) is 5.32 Å². The van der Waals surface area contributed by atoms with Crippen molar-refractivity contribution in [2.75, 3.05) is 38.4 Å². The third kappa shape index (κ3) is 6.77. The maximum absolute atomic E-state index is 12.3. The summed E-state index contributed by atoms with van der Waals surface area (Å²) >= 11 is 0. The number of carbonyl (C=O) groups is 1. The van der Waals surface area contributed by atoms with Gasteiger partial charge in [0.1, 0.15) is 23.4 Å².